The average Bonchev–Trinajstić information content (AvgIpc) is 3.02. The van der Waals surface area contributed by atoms with E-state index >= 15 is 0 Å². The smallest absolute Gasteiger partial charge is 0.407 e. The van der Waals surface area contributed by atoms with E-state index in [4.69, 9.17) is 9.57 Å². The van der Waals surface area contributed by atoms with E-state index in [1.807, 2.05) is 30.3 Å². The molecule has 0 bridgehead atoms. The van der Waals surface area contributed by atoms with Crippen LogP contribution >= 0.6 is 0 Å². The molecule has 0 spiro atoms. The van der Waals surface area contributed by atoms with Crippen molar-refractivity contribution in [3.8, 4) is 0 Å². The zero-order chi connectivity index (χ0) is 32.9. The fraction of sp³-hybridized carbons (Fsp3) is 0.676. The Morgan fingerprint density at radius 3 is 2.00 bits per heavy atom. The molecule has 0 unspecified atom stereocenters. The summed E-state index contributed by atoms with van der Waals surface area (Å²) in [6, 6.07) is 9.53. The van der Waals surface area contributed by atoms with E-state index in [9.17, 15) is 24.0 Å². The van der Waals surface area contributed by atoms with E-state index in [1.165, 1.54) is 4.90 Å². The lowest BCUT2D eigenvalue weighted by atomic mass is 9.86. The monoisotopic (exact) mass is 628 g/mol. The van der Waals surface area contributed by atoms with Crippen molar-refractivity contribution in [1.82, 2.24) is 21.0 Å². The van der Waals surface area contributed by atoms with Crippen molar-refractivity contribution in [3.05, 3.63) is 35.9 Å². The summed E-state index contributed by atoms with van der Waals surface area (Å²) in [6.45, 7) is 7.09. The summed E-state index contributed by atoms with van der Waals surface area (Å²) in [6.07, 6.45) is 7.44. The van der Waals surface area contributed by atoms with Gasteiger partial charge in [-0.15, -0.1) is 0 Å². The molecule has 0 heterocycles. The summed E-state index contributed by atoms with van der Waals surface area (Å²) in [5.41, 5.74) is 1.82. The Morgan fingerprint density at radius 2 is 1.40 bits per heavy atom. The van der Waals surface area contributed by atoms with Crippen LogP contribution in [0.3, 0.4) is 0 Å². The molecule has 3 rings (SSSR count). The summed E-state index contributed by atoms with van der Waals surface area (Å²) in [5.74, 6) is -2.27. The van der Waals surface area contributed by atoms with E-state index < -0.39 is 29.0 Å². The molecule has 0 aromatic heterocycles. The minimum atomic E-state index is -1.27. The van der Waals surface area contributed by atoms with Gasteiger partial charge < -0.3 is 10.1 Å². The van der Waals surface area contributed by atoms with Gasteiger partial charge in [0.2, 0.25) is 23.6 Å². The average molecular weight is 629 g/mol. The van der Waals surface area contributed by atoms with Gasteiger partial charge in [0.1, 0.15) is 5.60 Å². The molecule has 1 aromatic carbocycles. The zero-order valence-electron chi connectivity index (χ0n) is 27.5. The number of ether oxygens (including phenoxy) is 1. The minimum Gasteiger partial charge on any atom is -0.444 e. The van der Waals surface area contributed by atoms with Crippen molar-refractivity contribution in [2.24, 2.45) is 11.8 Å². The van der Waals surface area contributed by atoms with Crippen LogP contribution in [0.15, 0.2) is 30.3 Å². The van der Waals surface area contributed by atoms with Crippen molar-refractivity contribution in [3.63, 3.8) is 0 Å². The highest BCUT2D eigenvalue weighted by Gasteiger charge is 2.43. The number of nitrogens with zero attached hydrogens (tertiary/aromatic N) is 1. The van der Waals surface area contributed by atoms with Crippen molar-refractivity contribution >= 4 is 29.7 Å². The molecule has 2 aliphatic rings. The molecular formula is C34H52N4O7. The molecule has 0 radical (unpaired) electrons. The number of imide groups is 2. The number of carbonyl (C=O) groups is 5. The van der Waals surface area contributed by atoms with Gasteiger partial charge in [0, 0.05) is 37.8 Å². The number of hydrogen-bond donors (Lipinski definition) is 3. The van der Waals surface area contributed by atoms with Gasteiger partial charge in [-0.25, -0.2) is 4.79 Å². The lowest BCUT2D eigenvalue weighted by Crippen LogP contribution is -2.64. The van der Waals surface area contributed by atoms with Crippen molar-refractivity contribution < 1.29 is 33.5 Å². The van der Waals surface area contributed by atoms with Crippen molar-refractivity contribution in [2.45, 2.75) is 122 Å². The number of carbonyl (C=O) groups excluding carboxylic acids is 5. The summed E-state index contributed by atoms with van der Waals surface area (Å²) >= 11 is 0. The fourth-order valence-corrected chi connectivity index (χ4v) is 5.93. The first-order valence-corrected chi connectivity index (χ1v) is 16.4. The predicted octanol–water partition coefficient (Wildman–Crippen LogP) is 4.93. The maximum atomic E-state index is 14.1. The predicted molar refractivity (Wildman–Crippen MR) is 169 cm³/mol. The Kier molecular flexibility index (Phi) is 14.0. The summed E-state index contributed by atoms with van der Waals surface area (Å²) < 4.78 is 5.42. The summed E-state index contributed by atoms with van der Waals surface area (Å²) in [7, 11) is 0. The highest BCUT2D eigenvalue weighted by atomic mass is 16.6. The minimum absolute atomic E-state index is 0.00614. The highest BCUT2D eigenvalue weighted by molar-refractivity contribution is 6.01. The molecule has 1 aromatic rings. The number of benzene rings is 1. The molecule has 5 amide bonds. The number of hydrogen-bond acceptors (Lipinski definition) is 8. The first-order chi connectivity index (χ1) is 21.4. The second-order valence-corrected chi connectivity index (χ2v) is 13.6. The zero-order valence-corrected chi connectivity index (χ0v) is 27.5. The number of rotatable bonds is 13. The maximum absolute atomic E-state index is 14.1. The maximum Gasteiger partial charge on any atom is 0.407 e. The number of alkyl carbamates (subject to hydrolysis) is 1. The van der Waals surface area contributed by atoms with E-state index in [1.54, 1.807) is 27.7 Å². The topological polar surface area (TPSA) is 143 Å². The molecule has 45 heavy (non-hydrogen) atoms. The van der Waals surface area contributed by atoms with Gasteiger partial charge >= 0.3 is 6.09 Å². The molecule has 0 aliphatic heterocycles. The summed E-state index contributed by atoms with van der Waals surface area (Å²) in [4.78, 5) is 72.9. The normalized spacial score (nSPS) is 17.5. The lowest BCUT2D eigenvalue weighted by Gasteiger charge is -2.42. The third-order valence-electron chi connectivity index (χ3n) is 8.42. The third kappa shape index (κ3) is 12.2. The first-order valence-electron chi connectivity index (χ1n) is 16.4. The van der Waals surface area contributed by atoms with Gasteiger partial charge in [0.15, 0.2) is 0 Å². The van der Waals surface area contributed by atoms with Gasteiger partial charge in [0.25, 0.3) is 0 Å². The Morgan fingerprint density at radius 1 is 0.800 bits per heavy atom. The molecule has 11 nitrogen and oxygen atoms in total. The van der Waals surface area contributed by atoms with Gasteiger partial charge in [-0.1, -0.05) is 68.9 Å². The van der Waals surface area contributed by atoms with Crippen LogP contribution in [0.5, 0.6) is 0 Å². The standard InChI is InChI=1S/C34H52N4O7/c1-33(2,3)45-32(43)35-23-34(4,24-36-44-22-25-14-8-5-9-15-25)38(31(42)27-18-12-7-13-19-27)29(40)21-20-28(39)37-30(41)26-16-10-6-11-17-26/h5,8-9,14-15,26-27,36H,6-7,10-13,16-24H2,1-4H3,(H,35,43)(H,37,39,41)/t34-/m1/s1. The molecule has 2 aliphatic carbocycles. The molecule has 2 saturated carbocycles. The second-order valence-electron chi connectivity index (χ2n) is 13.6. The van der Waals surface area contributed by atoms with Gasteiger partial charge in [0.05, 0.1) is 12.1 Å². The molecule has 1 atom stereocenters. The van der Waals surface area contributed by atoms with Crippen molar-refractivity contribution in [1.29, 1.82) is 0 Å². The van der Waals surface area contributed by atoms with Crippen molar-refractivity contribution in [2.75, 3.05) is 13.1 Å². The highest BCUT2D eigenvalue weighted by Crippen LogP contribution is 2.29. The number of amides is 5. The quantitative estimate of drug-likeness (QED) is 0.206. The second kappa shape index (κ2) is 17.4. The van der Waals surface area contributed by atoms with Crippen LogP contribution in [0.1, 0.15) is 110 Å². The largest absolute Gasteiger partial charge is 0.444 e. The molecule has 2 fully saturated rings. The van der Waals surface area contributed by atoms with E-state index in [2.05, 4.69) is 16.1 Å². The van der Waals surface area contributed by atoms with Crippen LogP contribution in [0.4, 0.5) is 4.79 Å². The lowest BCUT2D eigenvalue weighted by molar-refractivity contribution is -0.157. The van der Waals surface area contributed by atoms with E-state index in [0.717, 1.165) is 56.9 Å². The molecule has 0 saturated heterocycles. The van der Waals surface area contributed by atoms with Gasteiger partial charge in [-0.3, -0.25) is 34.2 Å². The number of hydroxylamine groups is 1. The van der Waals surface area contributed by atoms with Crippen LogP contribution < -0.4 is 16.1 Å². The first kappa shape index (κ1) is 36.2. The van der Waals surface area contributed by atoms with Crippen LogP contribution in [0, 0.1) is 11.8 Å². The Balaban J connectivity index is 1.77. The Hall–Kier alpha value is -3.31. The Labute approximate surface area is 267 Å². The fourth-order valence-electron chi connectivity index (χ4n) is 5.93. The Bertz CT molecular complexity index is 1140. The molecule has 11 heteroatoms. The van der Waals surface area contributed by atoms with Crippen LogP contribution in [-0.4, -0.2) is 58.9 Å². The molecule has 3 N–H and O–H groups in total. The van der Waals surface area contributed by atoms with Crippen LogP contribution in [0.2, 0.25) is 0 Å². The third-order valence-corrected chi connectivity index (χ3v) is 8.42. The van der Waals surface area contributed by atoms with Crippen LogP contribution in [-0.2, 0) is 35.4 Å². The van der Waals surface area contributed by atoms with Gasteiger partial charge in [-0.2, -0.15) is 5.48 Å². The molecular weight excluding hydrogens is 576 g/mol. The van der Waals surface area contributed by atoms with Gasteiger partial charge in [-0.05, 0) is 58.9 Å². The number of nitrogens with one attached hydrogen (secondary N) is 3. The van der Waals surface area contributed by atoms with Crippen LogP contribution in [0.25, 0.3) is 0 Å². The molecule has 250 valence electrons. The van der Waals surface area contributed by atoms with E-state index in [0.29, 0.717) is 12.8 Å². The summed E-state index contributed by atoms with van der Waals surface area (Å²) in [5, 5.41) is 5.19. The SMILES string of the molecule is CC(C)(C)OC(=O)NC[C@](C)(CNOCc1ccccc1)N(C(=O)CCC(=O)NC(=O)C1CCCCC1)C(=O)C1CCCCC1. The van der Waals surface area contributed by atoms with E-state index in [-0.39, 0.29) is 56.2 Å².